The summed E-state index contributed by atoms with van der Waals surface area (Å²) in [7, 11) is 1.53. The lowest BCUT2D eigenvalue weighted by molar-refractivity contribution is 0.476. The van der Waals surface area contributed by atoms with Gasteiger partial charge in [0.1, 0.15) is 5.75 Å². The Morgan fingerprint density at radius 1 is 1.36 bits per heavy atom. The minimum absolute atomic E-state index is 0.0260. The summed E-state index contributed by atoms with van der Waals surface area (Å²) < 4.78 is 1.27. The van der Waals surface area contributed by atoms with Crippen molar-refractivity contribution in [3.8, 4) is 5.75 Å². The lowest BCUT2D eigenvalue weighted by atomic mass is 10.2. The van der Waals surface area contributed by atoms with E-state index in [1.165, 1.54) is 29.8 Å². The van der Waals surface area contributed by atoms with Crippen LogP contribution in [0.2, 0.25) is 0 Å². The monoisotopic (exact) mass is 192 g/mol. The summed E-state index contributed by atoms with van der Waals surface area (Å²) in [5.41, 5.74) is -0.519. The fourth-order valence-corrected chi connectivity index (χ4v) is 1.35. The molecule has 2 N–H and O–H groups in total. The van der Waals surface area contributed by atoms with Crippen LogP contribution in [-0.4, -0.2) is 14.7 Å². The number of aromatic amines is 1. The van der Waals surface area contributed by atoms with E-state index >= 15 is 0 Å². The Morgan fingerprint density at radius 2 is 2.07 bits per heavy atom. The SMILES string of the molecule is Cn1c(=O)[nH]c(=O)c2ccc(O)cc21. The fraction of sp³-hybridized carbons (Fsp3) is 0.111. The predicted molar refractivity (Wildman–Crippen MR) is 51.5 cm³/mol. The van der Waals surface area contributed by atoms with Crippen LogP contribution in [0.5, 0.6) is 5.75 Å². The van der Waals surface area contributed by atoms with Crippen molar-refractivity contribution >= 4 is 10.9 Å². The number of aromatic hydroxyl groups is 1. The van der Waals surface area contributed by atoms with E-state index in [1.54, 1.807) is 0 Å². The Hall–Kier alpha value is -2.04. The minimum atomic E-state index is -0.492. The van der Waals surface area contributed by atoms with Gasteiger partial charge in [0.15, 0.2) is 0 Å². The largest absolute Gasteiger partial charge is 0.508 e. The average Bonchev–Trinajstić information content (AvgIpc) is 2.14. The first-order chi connectivity index (χ1) is 6.59. The predicted octanol–water partition coefficient (Wildman–Crippen LogP) is -0.0676. The summed E-state index contributed by atoms with van der Waals surface area (Å²) in [6, 6.07) is 4.26. The highest BCUT2D eigenvalue weighted by molar-refractivity contribution is 5.79. The van der Waals surface area contributed by atoms with Crippen molar-refractivity contribution < 1.29 is 5.11 Å². The second-order valence-corrected chi connectivity index (χ2v) is 3.02. The number of aryl methyl sites for hydroxylation is 1. The van der Waals surface area contributed by atoms with E-state index in [2.05, 4.69) is 4.98 Å². The van der Waals surface area contributed by atoms with Gasteiger partial charge in [-0.15, -0.1) is 0 Å². The zero-order valence-corrected chi connectivity index (χ0v) is 7.44. The Morgan fingerprint density at radius 3 is 2.79 bits per heavy atom. The molecule has 0 bridgehead atoms. The summed E-state index contributed by atoms with van der Waals surface area (Å²) in [6.45, 7) is 0. The van der Waals surface area contributed by atoms with Crippen LogP contribution in [-0.2, 0) is 7.05 Å². The molecular weight excluding hydrogens is 184 g/mol. The molecule has 5 heteroatoms. The molecule has 2 aromatic rings. The molecule has 0 aliphatic carbocycles. The molecule has 0 spiro atoms. The number of aromatic nitrogens is 2. The van der Waals surface area contributed by atoms with Crippen LogP contribution >= 0.6 is 0 Å². The number of nitrogens with zero attached hydrogens (tertiary/aromatic N) is 1. The average molecular weight is 192 g/mol. The van der Waals surface area contributed by atoms with Crippen LogP contribution in [0.25, 0.3) is 10.9 Å². The van der Waals surface area contributed by atoms with Crippen LogP contribution in [0.3, 0.4) is 0 Å². The summed E-state index contributed by atoms with van der Waals surface area (Å²) in [5.74, 6) is 0.0260. The minimum Gasteiger partial charge on any atom is -0.508 e. The van der Waals surface area contributed by atoms with Gasteiger partial charge in [-0.2, -0.15) is 0 Å². The van der Waals surface area contributed by atoms with Crippen molar-refractivity contribution in [1.82, 2.24) is 9.55 Å². The maximum Gasteiger partial charge on any atom is 0.328 e. The summed E-state index contributed by atoms with van der Waals surface area (Å²) >= 11 is 0. The lowest BCUT2D eigenvalue weighted by Gasteiger charge is -2.02. The maximum atomic E-state index is 11.3. The molecule has 0 aliphatic rings. The first-order valence-corrected chi connectivity index (χ1v) is 4.01. The molecule has 0 saturated heterocycles. The van der Waals surface area contributed by atoms with Crippen LogP contribution in [0, 0.1) is 0 Å². The van der Waals surface area contributed by atoms with Gasteiger partial charge >= 0.3 is 5.69 Å². The number of benzene rings is 1. The molecule has 5 nitrogen and oxygen atoms in total. The van der Waals surface area contributed by atoms with E-state index < -0.39 is 11.2 Å². The second kappa shape index (κ2) is 2.73. The van der Waals surface area contributed by atoms with Crippen molar-refractivity contribution in [2.24, 2.45) is 7.05 Å². The van der Waals surface area contributed by atoms with Crippen molar-refractivity contribution in [1.29, 1.82) is 0 Å². The quantitative estimate of drug-likeness (QED) is 0.613. The van der Waals surface area contributed by atoms with Crippen LogP contribution < -0.4 is 11.2 Å². The lowest BCUT2D eigenvalue weighted by Crippen LogP contribution is -2.28. The van der Waals surface area contributed by atoms with Gasteiger partial charge < -0.3 is 5.11 Å². The molecule has 0 amide bonds. The molecule has 0 unspecified atom stereocenters. The van der Waals surface area contributed by atoms with Gasteiger partial charge in [0, 0.05) is 13.1 Å². The van der Waals surface area contributed by atoms with Gasteiger partial charge in [-0.05, 0) is 12.1 Å². The van der Waals surface area contributed by atoms with E-state index in [-0.39, 0.29) is 5.75 Å². The molecule has 0 saturated carbocycles. The third-order valence-electron chi connectivity index (χ3n) is 2.11. The highest BCUT2D eigenvalue weighted by atomic mass is 16.3. The van der Waals surface area contributed by atoms with Gasteiger partial charge in [-0.1, -0.05) is 0 Å². The zero-order valence-electron chi connectivity index (χ0n) is 7.44. The number of hydrogen-bond acceptors (Lipinski definition) is 3. The molecule has 14 heavy (non-hydrogen) atoms. The number of phenols is 1. The normalized spacial score (nSPS) is 10.6. The molecule has 0 atom stereocenters. The molecule has 0 radical (unpaired) electrons. The highest BCUT2D eigenvalue weighted by Crippen LogP contribution is 2.14. The Kier molecular flexibility index (Phi) is 1.67. The van der Waals surface area contributed by atoms with Crippen LogP contribution in [0.4, 0.5) is 0 Å². The fourth-order valence-electron chi connectivity index (χ4n) is 1.35. The molecule has 1 aromatic heterocycles. The summed E-state index contributed by atoms with van der Waals surface area (Å²) in [5, 5.41) is 9.59. The van der Waals surface area contributed by atoms with E-state index in [4.69, 9.17) is 0 Å². The van der Waals surface area contributed by atoms with Gasteiger partial charge in [-0.3, -0.25) is 14.3 Å². The topological polar surface area (TPSA) is 75.1 Å². The first kappa shape index (κ1) is 8.55. The third-order valence-corrected chi connectivity index (χ3v) is 2.11. The smallest absolute Gasteiger partial charge is 0.328 e. The zero-order chi connectivity index (χ0) is 10.3. The van der Waals surface area contributed by atoms with Gasteiger partial charge in [0.2, 0.25) is 0 Å². The molecule has 1 heterocycles. The van der Waals surface area contributed by atoms with Gasteiger partial charge in [0.25, 0.3) is 5.56 Å². The van der Waals surface area contributed by atoms with Crippen molar-refractivity contribution in [3.05, 3.63) is 39.0 Å². The van der Waals surface area contributed by atoms with Crippen molar-refractivity contribution in [2.45, 2.75) is 0 Å². The Balaban J connectivity index is 3.11. The molecule has 72 valence electrons. The molecule has 1 aromatic carbocycles. The third kappa shape index (κ3) is 1.10. The van der Waals surface area contributed by atoms with E-state index in [0.717, 1.165) is 0 Å². The van der Waals surface area contributed by atoms with E-state index in [0.29, 0.717) is 10.9 Å². The first-order valence-electron chi connectivity index (χ1n) is 4.01. The standard InChI is InChI=1S/C9H8N2O3/c1-11-7-4-5(12)2-3-6(7)8(13)10-9(11)14/h2-4,12H,1H3,(H,10,13,14). The van der Waals surface area contributed by atoms with Crippen molar-refractivity contribution in [3.63, 3.8) is 0 Å². The van der Waals surface area contributed by atoms with Gasteiger partial charge in [0.05, 0.1) is 10.9 Å². The number of phenolic OH excluding ortho intramolecular Hbond substituents is 1. The Bertz CT molecular complexity index is 609. The van der Waals surface area contributed by atoms with E-state index in [9.17, 15) is 14.7 Å². The summed E-state index contributed by atoms with van der Waals surface area (Å²) in [6.07, 6.45) is 0. The molecular formula is C9H8N2O3. The van der Waals surface area contributed by atoms with Gasteiger partial charge in [-0.25, -0.2) is 4.79 Å². The number of nitrogens with one attached hydrogen (secondary N) is 1. The van der Waals surface area contributed by atoms with Crippen LogP contribution in [0.1, 0.15) is 0 Å². The highest BCUT2D eigenvalue weighted by Gasteiger charge is 2.04. The number of hydrogen-bond donors (Lipinski definition) is 2. The Labute approximate surface area is 78.2 Å². The number of H-pyrrole nitrogens is 1. The second-order valence-electron chi connectivity index (χ2n) is 3.02. The summed E-state index contributed by atoms with van der Waals surface area (Å²) in [4.78, 5) is 24.7. The molecule has 2 rings (SSSR count). The molecule has 0 fully saturated rings. The van der Waals surface area contributed by atoms with Crippen molar-refractivity contribution in [2.75, 3.05) is 0 Å². The van der Waals surface area contributed by atoms with Crippen LogP contribution in [0.15, 0.2) is 27.8 Å². The number of rotatable bonds is 0. The molecule has 0 aliphatic heterocycles. The van der Waals surface area contributed by atoms with E-state index in [1.807, 2.05) is 0 Å². The maximum absolute atomic E-state index is 11.3. The number of fused-ring (bicyclic) bond motifs is 1.